The van der Waals surface area contributed by atoms with E-state index < -0.39 is 10.8 Å². The number of nitro benzene ring substituents is 1. The summed E-state index contributed by atoms with van der Waals surface area (Å²) in [5, 5.41) is 13.8. The maximum Gasteiger partial charge on any atom is 0.283 e. The van der Waals surface area contributed by atoms with Gasteiger partial charge in [0.2, 0.25) is 0 Å². The summed E-state index contributed by atoms with van der Waals surface area (Å²) in [4.78, 5) is 29.1. The number of anilines is 2. The summed E-state index contributed by atoms with van der Waals surface area (Å²) in [6.45, 7) is 2.89. The van der Waals surface area contributed by atoms with Crippen molar-refractivity contribution in [2.75, 3.05) is 36.5 Å². The highest BCUT2D eigenvalue weighted by atomic mass is 35.5. The molecule has 1 amide bonds. The Balaban J connectivity index is 1.74. The summed E-state index contributed by atoms with van der Waals surface area (Å²) in [7, 11) is 0. The van der Waals surface area contributed by atoms with E-state index in [9.17, 15) is 14.9 Å². The topological polar surface area (TPSA) is 97.6 Å². The lowest BCUT2D eigenvalue weighted by Gasteiger charge is -2.28. The summed E-state index contributed by atoms with van der Waals surface area (Å²) in [6.07, 6.45) is 1.65. The molecule has 1 aromatic carbocycles. The van der Waals surface area contributed by atoms with Gasteiger partial charge in [-0.3, -0.25) is 14.9 Å². The van der Waals surface area contributed by atoms with E-state index in [1.807, 2.05) is 6.07 Å². The first-order valence-corrected chi connectivity index (χ1v) is 7.96. The number of halogens is 1. The van der Waals surface area contributed by atoms with E-state index in [1.165, 1.54) is 12.1 Å². The second-order valence-electron chi connectivity index (χ2n) is 5.37. The molecule has 3 rings (SSSR count). The highest BCUT2D eigenvalue weighted by molar-refractivity contribution is 6.31. The fourth-order valence-electron chi connectivity index (χ4n) is 2.50. The molecule has 1 aromatic heterocycles. The van der Waals surface area contributed by atoms with Gasteiger partial charge >= 0.3 is 0 Å². The van der Waals surface area contributed by atoms with Gasteiger partial charge in [-0.05, 0) is 24.3 Å². The average Bonchev–Trinajstić information content (AvgIpc) is 2.63. The van der Waals surface area contributed by atoms with Crippen molar-refractivity contribution < 1.29 is 14.5 Å². The van der Waals surface area contributed by atoms with Crippen LogP contribution in [-0.4, -0.2) is 42.1 Å². The molecule has 1 aliphatic heterocycles. The summed E-state index contributed by atoms with van der Waals surface area (Å²) in [6, 6.07) is 7.39. The minimum Gasteiger partial charge on any atom is -0.378 e. The van der Waals surface area contributed by atoms with Crippen molar-refractivity contribution in [3.63, 3.8) is 0 Å². The van der Waals surface area contributed by atoms with Crippen LogP contribution in [0.25, 0.3) is 0 Å². The maximum absolute atomic E-state index is 12.3. The smallest absolute Gasteiger partial charge is 0.283 e. The highest BCUT2D eigenvalue weighted by Crippen LogP contribution is 2.24. The van der Waals surface area contributed by atoms with Crippen LogP contribution >= 0.6 is 11.6 Å². The number of aromatic nitrogens is 1. The third kappa shape index (κ3) is 4.04. The van der Waals surface area contributed by atoms with Crippen molar-refractivity contribution in [1.29, 1.82) is 0 Å². The number of morpholine rings is 1. The number of nitrogens with zero attached hydrogens (tertiary/aromatic N) is 3. The number of carbonyl (C=O) groups excluding carboxylic acids is 1. The Morgan fingerprint density at radius 1 is 1.28 bits per heavy atom. The summed E-state index contributed by atoms with van der Waals surface area (Å²) >= 11 is 5.75. The number of pyridine rings is 1. The summed E-state index contributed by atoms with van der Waals surface area (Å²) in [5.41, 5.74) is 0.502. The lowest BCUT2D eigenvalue weighted by molar-refractivity contribution is -0.385. The fraction of sp³-hybridized carbons (Fsp3) is 0.250. The lowest BCUT2D eigenvalue weighted by Crippen LogP contribution is -2.36. The molecular weight excluding hydrogens is 348 g/mol. The molecule has 2 aromatic rings. The van der Waals surface area contributed by atoms with Gasteiger partial charge in [-0.15, -0.1) is 0 Å². The lowest BCUT2D eigenvalue weighted by atomic mass is 10.1. The molecule has 0 bridgehead atoms. The Morgan fingerprint density at radius 3 is 2.68 bits per heavy atom. The molecule has 0 saturated carbocycles. The molecule has 0 radical (unpaired) electrons. The SMILES string of the molecule is O=C(Nc1ccc(N2CCOCC2)cn1)c1ccc(Cl)cc1[N+](=O)[O-]. The van der Waals surface area contributed by atoms with Gasteiger partial charge in [-0.2, -0.15) is 0 Å². The van der Waals surface area contributed by atoms with Gasteiger partial charge in [0.25, 0.3) is 11.6 Å². The van der Waals surface area contributed by atoms with Crippen LogP contribution in [0.5, 0.6) is 0 Å². The molecule has 1 fully saturated rings. The van der Waals surface area contributed by atoms with Crippen LogP contribution in [0.2, 0.25) is 5.02 Å². The average molecular weight is 363 g/mol. The Bertz CT molecular complexity index is 791. The minimum absolute atomic E-state index is 0.0755. The zero-order chi connectivity index (χ0) is 17.8. The molecule has 1 saturated heterocycles. The number of hydrogen-bond donors (Lipinski definition) is 1. The molecule has 8 nitrogen and oxygen atoms in total. The third-order valence-electron chi connectivity index (χ3n) is 3.77. The quantitative estimate of drug-likeness (QED) is 0.663. The Hall–Kier alpha value is -2.71. The fourth-order valence-corrected chi connectivity index (χ4v) is 2.67. The highest BCUT2D eigenvalue weighted by Gasteiger charge is 2.21. The summed E-state index contributed by atoms with van der Waals surface area (Å²) in [5.74, 6) is -0.304. The molecule has 0 spiro atoms. The van der Waals surface area contributed by atoms with Gasteiger partial charge in [-0.25, -0.2) is 4.98 Å². The van der Waals surface area contributed by atoms with E-state index in [4.69, 9.17) is 16.3 Å². The van der Waals surface area contributed by atoms with Crippen molar-refractivity contribution in [3.8, 4) is 0 Å². The van der Waals surface area contributed by atoms with Crippen molar-refractivity contribution in [3.05, 3.63) is 57.2 Å². The van der Waals surface area contributed by atoms with Gasteiger partial charge < -0.3 is 15.0 Å². The number of nitro groups is 1. The largest absolute Gasteiger partial charge is 0.378 e. The molecule has 9 heteroatoms. The number of amides is 1. The predicted molar refractivity (Wildman–Crippen MR) is 93.3 cm³/mol. The predicted octanol–water partition coefficient (Wildman–Crippen LogP) is 2.73. The molecule has 2 heterocycles. The van der Waals surface area contributed by atoms with Crippen LogP contribution in [0.4, 0.5) is 17.2 Å². The molecule has 0 aliphatic carbocycles. The molecule has 0 unspecified atom stereocenters. The van der Waals surface area contributed by atoms with Gasteiger partial charge in [-0.1, -0.05) is 11.6 Å². The van der Waals surface area contributed by atoms with Gasteiger partial charge in [0, 0.05) is 24.2 Å². The number of hydrogen-bond acceptors (Lipinski definition) is 6. The second kappa shape index (κ2) is 7.45. The zero-order valence-electron chi connectivity index (χ0n) is 13.1. The Labute approximate surface area is 148 Å². The molecule has 25 heavy (non-hydrogen) atoms. The third-order valence-corrected chi connectivity index (χ3v) is 4.00. The monoisotopic (exact) mass is 362 g/mol. The van der Waals surface area contributed by atoms with E-state index in [0.29, 0.717) is 19.0 Å². The first-order chi connectivity index (χ1) is 12.0. The molecule has 0 atom stereocenters. The van der Waals surface area contributed by atoms with E-state index in [1.54, 1.807) is 12.3 Å². The number of rotatable bonds is 4. The van der Waals surface area contributed by atoms with Gasteiger partial charge in [0.05, 0.1) is 30.0 Å². The van der Waals surface area contributed by atoms with Crippen LogP contribution in [0.1, 0.15) is 10.4 Å². The van der Waals surface area contributed by atoms with Crippen molar-refractivity contribution in [2.24, 2.45) is 0 Å². The first kappa shape index (κ1) is 17.1. The molecular formula is C16H15ClN4O4. The standard InChI is InChI=1S/C16H15ClN4O4/c17-11-1-3-13(14(9-11)21(23)24)16(22)19-15-4-2-12(10-18-15)20-5-7-25-8-6-20/h1-4,9-10H,5-8H2,(H,18,19,22). The van der Waals surface area contributed by atoms with Crippen LogP contribution < -0.4 is 10.2 Å². The van der Waals surface area contributed by atoms with E-state index in [2.05, 4.69) is 15.2 Å². The number of carbonyl (C=O) groups is 1. The summed E-state index contributed by atoms with van der Waals surface area (Å²) < 4.78 is 5.30. The van der Waals surface area contributed by atoms with Crippen LogP contribution in [0.3, 0.4) is 0 Å². The molecule has 1 aliphatic rings. The maximum atomic E-state index is 12.3. The number of benzene rings is 1. The zero-order valence-corrected chi connectivity index (χ0v) is 13.9. The van der Waals surface area contributed by atoms with Gasteiger partial charge in [0.1, 0.15) is 11.4 Å². The van der Waals surface area contributed by atoms with Crippen molar-refractivity contribution in [1.82, 2.24) is 4.98 Å². The van der Waals surface area contributed by atoms with Crippen molar-refractivity contribution >= 4 is 34.7 Å². The molecule has 130 valence electrons. The Morgan fingerprint density at radius 2 is 2.04 bits per heavy atom. The number of nitrogens with one attached hydrogen (secondary N) is 1. The van der Waals surface area contributed by atoms with Crippen LogP contribution in [0, 0.1) is 10.1 Å². The van der Waals surface area contributed by atoms with E-state index in [-0.39, 0.29) is 16.3 Å². The molecule has 1 N–H and O–H groups in total. The second-order valence-corrected chi connectivity index (χ2v) is 5.81. The van der Waals surface area contributed by atoms with Crippen molar-refractivity contribution in [2.45, 2.75) is 0 Å². The van der Waals surface area contributed by atoms with Gasteiger partial charge in [0.15, 0.2) is 0 Å². The Kier molecular flexibility index (Phi) is 5.11. The minimum atomic E-state index is -0.643. The van der Waals surface area contributed by atoms with Crippen LogP contribution in [-0.2, 0) is 4.74 Å². The van der Waals surface area contributed by atoms with E-state index in [0.717, 1.165) is 24.8 Å². The number of ether oxygens (including phenoxy) is 1. The normalized spacial score (nSPS) is 14.2. The first-order valence-electron chi connectivity index (χ1n) is 7.58. The van der Waals surface area contributed by atoms with E-state index >= 15 is 0 Å². The van der Waals surface area contributed by atoms with Crippen LogP contribution in [0.15, 0.2) is 36.5 Å².